The van der Waals surface area contributed by atoms with E-state index in [-0.39, 0.29) is 5.92 Å². The van der Waals surface area contributed by atoms with Crippen molar-refractivity contribution in [2.24, 2.45) is 0 Å². The van der Waals surface area contributed by atoms with Gasteiger partial charge in [0, 0.05) is 30.1 Å². The fraction of sp³-hybridized carbons (Fsp3) is 0.192. The second-order valence-corrected chi connectivity index (χ2v) is 8.09. The van der Waals surface area contributed by atoms with Crippen LogP contribution in [0.1, 0.15) is 35.4 Å². The van der Waals surface area contributed by atoms with Crippen molar-refractivity contribution in [3.63, 3.8) is 0 Å². The molecule has 0 saturated carbocycles. The molecule has 0 bridgehead atoms. The summed E-state index contributed by atoms with van der Waals surface area (Å²) in [6.45, 7) is 6.24. The smallest absolute Gasteiger partial charge is 0.159 e. The molecule has 0 spiro atoms. The van der Waals surface area contributed by atoms with Gasteiger partial charge in [0.1, 0.15) is 5.75 Å². The van der Waals surface area contributed by atoms with Crippen LogP contribution in [0.25, 0.3) is 22.6 Å². The molecule has 1 unspecified atom stereocenters. The van der Waals surface area contributed by atoms with Crippen LogP contribution in [0.5, 0.6) is 5.75 Å². The number of fused-ring (bicyclic) bond motifs is 1. The van der Waals surface area contributed by atoms with Gasteiger partial charge >= 0.3 is 0 Å². The van der Waals surface area contributed by atoms with Crippen molar-refractivity contribution < 1.29 is 4.74 Å². The minimum Gasteiger partial charge on any atom is -0.495 e. The van der Waals surface area contributed by atoms with Gasteiger partial charge in [-0.25, -0.2) is 9.97 Å². The quantitative estimate of drug-likeness (QED) is 0.382. The molecule has 0 saturated heterocycles. The van der Waals surface area contributed by atoms with E-state index in [1.54, 1.807) is 13.4 Å². The molecule has 3 aromatic heterocycles. The average molecular weight is 424 g/mol. The van der Waals surface area contributed by atoms with Gasteiger partial charge in [0.15, 0.2) is 5.65 Å². The molecule has 0 radical (unpaired) electrons. The topological polar surface area (TPSA) is 57.2 Å². The number of methoxy groups -OCH3 is 1. The maximum Gasteiger partial charge on any atom is 0.159 e. The van der Waals surface area contributed by atoms with Crippen molar-refractivity contribution in [3.05, 3.63) is 96.1 Å². The number of hydrogen-bond acceptors (Lipinski definition) is 4. The summed E-state index contributed by atoms with van der Waals surface area (Å²) < 4.78 is 9.77. The van der Waals surface area contributed by atoms with Crippen LogP contribution in [0.3, 0.4) is 0 Å². The molecule has 6 nitrogen and oxygen atoms in total. The Labute approximate surface area is 187 Å². The van der Waals surface area contributed by atoms with Gasteiger partial charge in [-0.05, 0) is 31.5 Å². The van der Waals surface area contributed by atoms with Crippen LogP contribution in [-0.4, -0.2) is 31.0 Å². The second kappa shape index (κ2) is 7.96. The van der Waals surface area contributed by atoms with Crippen molar-refractivity contribution in [1.82, 2.24) is 23.9 Å². The third kappa shape index (κ3) is 3.43. The molecule has 5 rings (SSSR count). The number of benzene rings is 2. The molecule has 0 fully saturated rings. The lowest BCUT2D eigenvalue weighted by molar-refractivity contribution is 0.413. The maximum atomic E-state index is 5.70. The lowest BCUT2D eigenvalue weighted by Gasteiger charge is -2.14. The fourth-order valence-electron chi connectivity index (χ4n) is 4.07. The third-order valence-electron chi connectivity index (χ3n) is 5.91. The predicted molar refractivity (Wildman–Crippen MR) is 126 cm³/mol. The second-order valence-electron chi connectivity index (χ2n) is 8.09. The van der Waals surface area contributed by atoms with Gasteiger partial charge in [-0.15, -0.1) is 0 Å². The van der Waals surface area contributed by atoms with E-state index in [4.69, 9.17) is 9.72 Å². The summed E-state index contributed by atoms with van der Waals surface area (Å²) in [5.41, 5.74) is 8.22. The highest BCUT2D eigenvalue weighted by Crippen LogP contribution is 2.32. The van der Waals surface area contributed by atoms with Gasteiger partial charge in [0.2, 0.25) is 0 Å². The highest BCUT2D eigenvalue weighted by atomic mass is 16.5. The van der Waals surface area contributed by atoms with Gasteiger partial charge in [0.05, 0.1) is 42.4 Å². The summed E-state index contributed by atoms with van der Waals surface area (Å²) in [6.07, 6.45) is 9.49. The molecular formula is C26H25N5O. The van der Waals surface area contributed by atoms with Crippen LogP contribution in [0.2, 0.25) is 0 Å². The molecule has 5 aromatic rings. The number of hydrogen-bond donors (Lipinski definition) is 0. The summed E-state index contributed by atoms with van der Waals surface area (Å²) in [7, 11) is 1.69. The van der Waals surface area contributed by atoms with E-state index < -0.39 is 0 Å². The van der Waals surface area contributed by atoms with E-state index in [1.165, 1.54) is 11.1 Å². The maximum absolute atomic E-state index is 5.70. The van der Waals surface area contributed by atoms with Crippen LogP contribution in [0.4, 0.5) is 0 Å². The first-order valence-corrected chi connectivity index (χ1v) is 10.6. The number of rotatable bonds is 5. The molecule has 2 aromatic carbocycles. The molecule has 0 aliphatic carbocycles. The van der Waals surface area contributed by atoms with E-state index in [0.717, 1.165) is 39.7 Å². The lowest BCUT2D eigenvalue weighted by Crippen LogP contribution is -2.03. The van der Waals surface area contributed by atoms with E-state index in [9.17, 15) is 0 Å². The average Bonchev–Trinajstić information content (AvgIpc) is 3.45. The van der Waals surface area contributed by atoms with Crippen molar-refractivity contribution >= 4 is 5.65 Å². The zero-order chi connectivity index (χ0) is 22.2. The number of imidazole rings is 2. The molecule has 3 heterocycles. The molecule has 0 N–H and O–H groups in total. The summed E-state index contributed by atoms with van der Waals surface area (Å²) in [4.78, 5) is 13.8. The zero-order valence-corrected chi connectivity index (χ0v) is 18.6. The number of nitrogens with zero attached hydrogens (tertiary/aromatic N) is 5. The first-order chi connectivity index (χ1) is 15.5. The highest BCUT2D eigenvalue weighted by molar-refractivity contribution is 5.69. The summed E-state index contributed by atoms with van der Waals surface area (Å²) in [6, 6.07) is 14.8. The van der Waals surface area contributed by atoms with Gasteiger partial charge in [-0.2, -0.15) is 0 Å². The fourth-order valence-corrected chi connectivity index (χ4v) is 4.07. The van der Waals surface area contributed by atoms with Crippen molar-refractivity contribution in [3.8, 4) is 22.7 Å². The van der Waals surface area contributed by atoms with Gasteiger partial charge in [0.25, 0.3) is 0 Å². The van der Waals surface area contributed by atoms with Gasteiger partial charge < -0.3 is 9.30 Å². The molecule has 160 valence electrons. The van der Waals surface area contributed by atoms with Gasteiger partial charge in [-0.1, -0.05) is 42.8 Å². The van der Waals surface area contributed by atoms with Crippen LogP contribution in [-0.2, 0) is 0 Å². The molecular weight excluding hydrogens is 398 g/mol. The Bertz CT molecular complexity index is 1400. The molecule has 0 amide bonds. The molecule has 6 heteroatoms. The summed E-state index contributed by atoms with van der Waals surface area (Å²) in [5, 5.41) is 0. The zero-order valence-electron chi connectivity index (χ0n) is 18.6. The molecule has 0 aliphatic rings. The van der Waals surface area contributed by atoms with E-state index >= 15 is 0 Å². The van der Waals surface area contributed by atoms with E-state index in [0.29, 0.717) is 0 Å². The van der Waals surface area contributed by atoms with Crippen molar-refractivity contribution in [2.75, 3.05) is 7.11 Å². The number of ether oxygens (including phenoxy) is 1. The summed E-state index contributed by atoms with van der Waals surface area (Å²) >= 11 is 0. The first kappa shape index (κ1) is 20.0. The number of aromatic nitrogens is 5. The minimum atomic E-state index is 0.135. The Hall–Kier alpha value is -3.93. The minimum absolute atomic E-state index is 0.135. The molecule has 0 aliphatic heterocycles. The SMILES string of the molecule is COc1cc(-c2cnc3c(C(C)c4ccc(C)cc4)nccn23)ccc1-n1cnc(C)c1. The Morgan fingerprint density at radius 1 is 0.969 bits per heavy atom. The monoisotopic (exact) mass is 423 g/mol. The standard InChI is InChI=1S/C26H25N5O/c1-17-5-7-20(8-6-17)19(3)25-26-28-14-23(31(26)12-11-27-25)21-9-10-22(24(13-21)32-4)30-15-18(2)29-16-30/h5-16,19H,1-4H3. The van der Waals surface area contributed by atoms with Crippen LogP contribution >= 0.6 is 0 Å². The Balaban J connectivity index is 1.57. The molecule has 32 heavy (non-hydrogen) atoms. The van der Waals surface area contributed by atoms with E-state index in [2.05, 4.69) is 58.5 Å². The van der Waals surface area contributed by atoms with Crippen LogP contribution < -0.4 is 4.74 Å². The van der Waals surface area contributed by atoms with E-state index in [1.807, 2.05) is 48.4 Å². The lowest BCUT2D eigenvalue weighted by atomic mass is 9.97. The highest BCUT2D eigenvalue weighted by Gasteiger charge is 2.18. The normalized spacial score (nSPS) is 12.2. The third-order valence-corrected chi connectivity index (χ3v) is 5.91. The van der Waals surface area contributed by atoms with Crippen molar-refractivity contribution in [1.29, 1.82) is 0 Å². The Kier molecular flexibility index (Phi) is 4.98. The largest absolute Gasteiger partial charge is 0.495 e. The van der Waals surface area contributed by atoms with Crippen molar-refractivity contribution in [2.45, 2.75) is 26.7 Å². The Morgan fingerprint density at radius 2 is 1.78 bits per heavy atom. The first-order valence-electron chi connectivity index (χ1n) is 10.6. The Morgan fingerprint density at radius 3 is 2.50 bits per heavy atom. The molecule has 1 atom stereocenters. The van der Waals surface area contributed by atoms with Crippen LogP contribution in [0.15, 0.2) is 73.6 Å². The summed E-state index contributed by atoms with van der Waals surface area (Å²) in [5.74, 6) is 0.910. The van der Waals surface area contributed by atoms with Crippen LogP contribution in [0, 0.1) is 13.8 Å². The van der Waals surface area contributed by atoms with Gasteiger partial charge in [-0.3, -0.25) is 9.38 Å². The predicted octanol–water partition coefficient (Wildman–Crippen LogP) is 5.36. The number of aryl methyl sites for hydroxylation is 2.